The Morgan fingerprint density at radius 2 is 1.76 bits per heavy atom. The summed E-state index contributed by atoms with van der Waals surface area (Å²) in [4.78, 5) is 12.8. The van der Waals surface area contributed by atoms with E-state index in [-0.39, 0.29) is 12.5 Å². The first kappa shape index (κ1) is 22.9. The summed E-state index contributed by atoms with van der Waals surface area (Å²) in [5, 5.41) is 6.23. The zero-order valence-corrected chi connectivity index (χ0v) is 18.5. The zero-order chi connectivity index (χ0) is 23.0. The Morgan fingerprint density at radius 1 is 0.939 bits per heavy atom. The van der Waals surface area contributed by atoms with Gasteiger partial charge in [0.1, 0.15) is 17.4 Å². The highest BCUT2D eigenvalue weighted by molar-refractivity contribution is 5.94. The lowest BCUT2D eigenvalue weighted by Gasteiger charge is -2.15. The topological polar surface area (TPSA) is 50.4 Å². The molecule has 2 bridgehead atoms. The summed E-state index contributed by atoms with van der Waals surface area (Å²) < 4.78 is 32.9. The monoisotopic (exact) mass is 450 g/mol. The van der Waals surface area contributed by atoms with Crippen molar-refractivity contribution in [3.8, 4) is 5.75 Å². The minimum atomic E-state index is -0.667. The van der Waals surface area contributed by atoms with Crippen LogP contribution in [0.5, 0.6) is 5.75 Å². The summed E-state index contributed by atoms with van der Waals surface area (Å²) in [6.07, 6.45) is 3.80. The lowest BCUT2D eigenvalue weighted by atomic mass is 9.99. The molecule has 6 heteroatoms. The van der Waals surface area contributed by atoms with Crippen LogP contribution in [-0.2, 0) is 19.5 Å². The summed E-state index contributed by atoms with van der Waals surface area (Å²) >= 11 is 0. The van der Waals surface area contributed by atoms with E-state index in [0.717, 1.165) is 55.3 Å². The van der Waals surface area contributed by atoms with Gasteiger partial charge in [-0.2, -0.15) is 0 Å². The molecule has 0 saturated heterocycles. The number of carbonyl (C=O) groups is 1. The van der Waals surface area contributed by atoms with E-state index >= 15 is 0 Å². The molecule has 1 heterocycles. The van der Waals surface area contributed by atoms with Gasteiger partial charge in [0.15, 0.2) is 0 Å². The van der Waals surface area contributed by atoms with E-state index in [1.54, 1.807) is 6.07 Å². The molecule has 2 N–H and O–H groups in total. The van der Waals surface area contributed by atoms with Crippen LogP contribution in [0.1, 0.15) is 51.9 Å². The average molecular weight is 451 g/mol. The average Bonchev–Trinajstić information content (AvgIpc) is 2.79. The first-order valence-corrected chi connectivity index (χ1v) is 11.3. The maximum atomic E-state index is 13.4. The van der Waals surface area contributed by atoms with Gasteiger partial charge >= 0.3 is 0 Å². The molecule has 0 spiro atoms. The molecule has 4 nitrogen and oxygen atoms in total. The smallest absolute Gasteiger partial charge is 0.251 e. The number of carbonyl (C=O) groups excluding carboxylic acids is 1. The second-order valence-electron chi connectivity index (χ2n) is 8.37. The van der Waals surface area contributed by atoms with Gasteiger partial charge in [0, 0.05) is 31.1 Å². The Balaban J connectivity index is 1.54. The van der Waals surface area contributed by atoms with Crippen molar-refractivity contribution in [2.45, 2.75) is 38.8 Å². The number of hydrogen-bond acceptors (Lipinski definition) is 3. The van der Waals surface area contributed by atoms with Gasteiger partial charge in [-0.1, -0.05) is 24.3 Å². The van der Waals surface area contributed by atoms with Gasteiger partial charge in [0.25, 0.3) is 5.91 Å². The number of halogens is 2. The van der Waals surface area contributed by atoms with Gasteiger partial charge in [-0.25, -0.2) is 8.78 Å². The van der Waals surface area contributed by atoms with Crippen molar-refractivity contribution in [1.29, 1.82) is 0 Å². The van der Waals surface area contributed by atoms with Gasteiger partial charge in [-0.05, 0) is 78.4 Å². The number of benzene rings is 3. The molecular formula is C27H28F2N2O2. The van der Waals surface area contributed by atoms with E-state index in [1.165, 1.54) is 17.7 Å². The maximum absolute atomic E-state index is 13.4. The molecule has 3 aromatic rings. The van der Waals surface area contributed by atoms with E-state index < -0.39 is 11.6 Å². The molecule has 0 fully saturated rings. The molecule has 0 aromatic heterocycles. The van der Waals surface area contributed by atoms with Gasteiger partial charge in [-0.15, -0.1) is 0 Å². The first-order chi connectivity index (χ1) is 16.1. The van der Waals surface area contributed by atoms with Crippen molar-refractivity contribution in [3.05, 3.63) is 100 Å². The molecule has 4 rings (SSSR count). The molecule has 33 heavy (non-hydrogen) atoms. The third kappa shape index (κ3) is 6.62. The lowest BCUT2D eigenvalue weighted by Crippen LogP contribution is -2.23. The Bertz CT molecular complexity index is 1100. The number of rotatable bonds is 3. The predicted octanol–water partition coefficient (Wildman–Crippen LogP) is 5.14. The molecule has 0 atom stereocenters. The van der Waals surface area contributed by atoms with E-state index in [2.05, 4.69) is 28.8 Å². The summed E-state index contributed by atoms with van der Waals surface area (Å²) in [7, 11) is 0. The molecule has 0 aliphatic carbocycles. The first-order valence-electron chi connectivity index (χ1n) is 11.3. The van der Waals surface area contributed by atoms with Crippen molar-refractivity contribution in [2.75, 3.05) is 13.2 Å². The Kier molecular flexibility index (Phi) is 7.68. The van der Waals surface area contributed by atoms with E-state index in [0.29, 0.717) is 24.2 Å². The van der Waals surface area contributed by atoms with Crippen molar-refractivity contribution >= 4 is 5.91 Å². The third-order valence-electron chi connectivity index (χ3n) is 5.67. The van der Waals surface area contributed by atoms with Crippen molar-refractivity contribution in [2.24, 2.45) is 0 Å². The molecule has 1 amide bonds. The summed E-state index contributed by atoms with van der Waals surface area (Å²) in [6.45, 7) is 2.49. The van der Waals surface area contributed by atoms with Crippen LogP contribution in [0.3, 0.4) is 0 Å². The third-order valence-corrected chi connectivity index (χ3v) is 5.67. The fourth-order valence-electron chi connectivity index (χ4n) is 4.01. The van der Waals surface area contributed by atoms with Crippen LogP contribution in [0.25, 0.3) is 0 Å². The van der Waals surface area contributed by atoms with E-state index in [1.807, 2.05) is 18.2 Å². The highest BCUT2D eigenvalue weighted by atomic mass is 19.1. The largest absolute Gasteiger partial charge is 0.493 e. The SMILES string of the molecule is O=C(NCc1cc(F)cc(F)c1)c1ccc2c(c1)Cc1cccc(c1)CNCCCCCO2. The lowest BCUT2D eigenvalue weighted by molar-refractivity contribution is 0.0950. The predicted molar refractivity (Wildman–Crippen MR) is 124 cm³/mol. The van der Waals surface area contributed by atoms with Gasteiger partial charge in [0.2, 0.25) is 0 Å². The molecule has 0 unspecified atom stereocenters. The molecule has 3 aromatic carbocycles. The summed E-state index contributed by atoms with van der Waals surface area (Å²) in [5.41, 5.74) is 4.15. The van der Waals surface area contributed by atoms with Crippen molar-refractivity contribution < 1.29 is 18.3 Å². The Labute approximate surface area is 193 Å². The standard InChI is InChI=1S/C27H28F2N2O2/c28-24-13-21(14-25(29)16-24)18-31-27(32)22-7-8-26-23(15-22)12-19-5-4-6-20(11-19)17-30-9-2-1-3-10-33-26/h4-8,11,13-16,30H,1-3,9-10,12,17-18H2,(H,31,32). The van der Waals surface area contributed by atoms with Gasteiger partial charge in [-0.3, -0.25) is 4.79 Å². The summed E-state index contributed by atoms with van der Waals surface area (Å²) in [6, 6.07) is 17.0. The second kappa shape index (κ2) is 11.1. The number of ether oxygens (including phenoxy) is 1. The second-order valence-corrected chi connectivity index (χ2v) is 8.37. The minimum Gasteiger partial charge on any atom is -0.493 e. The highest BCUT2D eigenvalue weighted by Crippen LogP contribution is 2.25. The molecule has 172 valence electrons. The van der Waals surface area contributed by atoms with Gasteiger partial charge < -0.3 is 15.4 Å². The van der Waals surface area contributed by atoms with Crippen LogP contribution in [0, 0.1) is 11.6 Å². The van der Waals surface area contributed by atoms with Crippen molar-refractivity contribution in [1.82, 2.24) is 10.6 Å². The maximum Gasteiger partial charge on any atom is 0.251 e. The van der Waals surface area contributed by atoms with Crippen molar-refractivity contribution in [3.63, 3.8) is 0 Å². The highest BCUT2D eigenvalue weighted by Gasteiger charge is 2.13. The number of fused-ring (bicyclic) bond motifs is 3. The quantitative estimate of drug-likeness (QED) is 0.581. The molecule has 1 aliphatic heterocycles. The van der Waals surface area contributed by atoms with E-state index in [9.17, 15) is 13.6 Å². The van der Waals surface area contributed by atoms with E-state index in [4.69, 9.17) is 4.74 Å². The molecule has 0 saturated carbocycles. The van der Waals surface area contributed by atoms with Crippen LogP contribution in [0.4, 0.5) is 8.78 Å². The number of amides is 1. The molecule has 1 aliphatic rings. The van der Waals surface area contributed by atoms with Crippen LogP contribution < -0.4 is 15.4 Å². The minimum absolute atomic E-state index is 0.0378. The van der Waals surface area contributed by atoms with Crippen LogP contribution in [-0.4, -0.2) is 19.1 Å². The van der Waals surface area contributed by atoms with Crippen LogP contribution in [0.15, 0.2) is 60.7 Å². The Morgan fingerprint density at radius 3 is 2.61 bits per heavy atom. The molecule has 0 radical (unpaired) electrons. The Hall–Kier alpha value is -3.25. The van der Waals surface area contributed by atoms with Crippen LogP contribution >= 0.6 is 0 Å². The number of hydrogen-bond donors (Lipinski definition) is 2. The summed E-state index contributed by atoms with van der Waals surface area (Å²) in [5.74, 6) is -0.862. The zero-order valence-electron chi connectivity index (χ0n) is 18.5. The van der Waals surface area contributed by atoms with Gasteiger partial charge in [0.05, 0.1) is 6.61 Å². The molecular weight excluding hydrogens is 422 g/mol. The van der Waals surface area contributed by atoms with Crippen LogP contribution in [0.2, 0.25) is 0 Å². The fraction of sp³-hybridized carbons (Fsp3) is 0.296. The fourth-order valence-corrected chi connectivity index (χ4v) is 4.01. The normalized spacial score (nSPS) is 14.5. The number of nitrogens with one attached hydrogen (secondary N) is 2.